The predicted octanol–water partition coefficient (Wildman–Crippen LogP) is 1.28. The number of aromatic nitrogens is 3. The lowest BCUT2D eigenvalue weighted by molar-refractivity contribution is 0.379. The van der Waals surface area contributed by atoms with Gasteiger partial charge in [-0.05, 0) is 12.8 Å². The van der Waals surface area contributed by atoms with Crippen LogP contribution in [-0.4, -0.2) is 35.2 Å². The smallest absolute Gasteiger partial charge is 0.322 e. The molecule has 0 saturated heterocycles. The Labute approximate surface area is 94.9 Å². The molecule has 1 aromatic heterocycles. The lowest BCUT2D eigenvalue weighted by Gasteiger charge is -2.12. The summed E-state index contributed by atoms with van der Waals surface area (Å²) in [5.41, 5.74) is 0. The molecule has 1 fully saturated rings. The molecule has 6 heteroatoms. The molecule has 16 heavy (non-hydrogen) atoms. The monoisotopic (exact) mass is 223 g/mol. The highest BCUT2D eigenvalue weighted by molar-refractivity contribution is 5.36. The maximum Gasteiger partial charge on any atom is 0.322 e. The topological polar surface area (TPSA) is 72.0 Å². The first-order valence-electron chi connectivity index (χ1n) is 5.56. The second-order valence-electron chi connectivity index (χ2n) is 3.85. The van der Waals surface area contributed by atoms with Gasteiger partial charge in [-0.3, -0.25) is 0 Å². The molecule has 6 nitrogen and oxygen atoms in total. The second-order valence-corrected chi connectivity index (χ2v) is 3.85. The Kier molecular flexibility index (Phi) is 3.38. The van der Waals surface area contributed by atoms with Crippen LogP contribution in [0.4, 0.5) is 11.9 Å². The van der Waals surface area contributed by atoms with E-state index in [0.717, 1.165) is 0 Å². The highest BCUT2D eigenvalue weighted by Crippen LogP contribution is 2.21. The molecule has 0 aliphatic heterocycles. The first-order valence-corrected chi connectivity index (χ1v) is 5.56. The van der Waals surface area contributed by atoms with Crippen molar-refractivity contribution in [2.75, 3.05) is 24.8 Å². The van der Waals surface area contributed by atoms with Crippen molar-refractivity contribution in [3.05, 3.63) is 0 Å². The number of hydrogen-bond acceptors (Lipinski definition) is 6. The van der Waals surface area contributed by atoms with E-state index < -0.39 is 0 Å². The fourth-order valence-corrected chi connectivity index (χ4v) is 1.88. The van der Waals surface area contributed by atoms with Crippen LogP contribution in [0.25, 0.3) is 0 Å². The quantitative estimate of drug-likeness (QED) is 0.801. The zero-order chi connectivity index (χ0) is 11.4. The van der Waals surface area contributed by atoms with Gasteiger partial charge in [0.25, 0.3) is 0 Å². The van der Waals surface area contributed by atoms with Gasteiger partial charge in [0.1, 0.15) is 0 Å². The van der Waals surface area contributed by atoms with Gasteiger partial charge >= 0.3 is 6.01 Å². The molecule has 88 valence electrons. The Balaban J connectivity index is 2.12. The van der Waals surface area contributed by atoms with Crippen LogP contribution in [0.3, 0.4) is 0 Å². The Bertz CT molecular complexity index is 329. The molecule has 2 rings (SSSR count). The molecule has 0 aromatic carbocycles. The van der Waals surface area contributed by atoms with Crippen LogP contribution >= 0.6 is 0 Å². The Morgan fingerprint density at radius 3 is 2.44 bits per heavy atom. The molecule has 1 aromatic rings. The van der Waals surface area contributed by atoms with E-state index in [9.17, 15) is 0 Å². The molecule has 2 N–H and O–H groups in total. The van der Waals surface area contributed by atoms with Gasteiger partial charge in [-0.15, -0.1) is 0 Å². The van der Waals surface area contributed by atoms with Gasteiger partial charge in [-0.2, -0.15) is 15.0 Å². The Hall–Kier alpha value is -1.59. The van der Waals surface area contributed by atoms with Crippen LogP contribution < -0.4 is 15.4 Å². The number of anilines is 2. The summed E-state index contributed by atoms with van der Waals surface area (Å²) in [6.07, 6.45) is 4.92. The molecule has 1 saturated carbocycles. The SMILES string of the molecule is CNc1nc(NC2CCCC2)nc(OC)n1. The molecular formula is C10H17N5O. The molecule has 1 aliphatic rings. The van der Waals surface area contributed by atoms with Gasteiger partial charge in [0.05, 0.1) is 7.11 Å². The van der Waals surface area contributed by atoms with E-state index in [4.69, 9.17) is 4.74 Å². The fraction of sp³-hybridized carbons (Fsp3) is 0.700. The van der Waals surface area contributed by atoms with E-state index in [1.807, 2.05) is 0 Å². The van der Waals surface area contributed by atoms with E-state index in [-0.39, 0.29) is 0 Å². The van der Waals surface area contributed by atoms with Gasteiger partial charge in [0.2, 0.25) is 11.9 Å². The molecule has 0 amide bonds. The predicted molar refractivity (Wildman–Crippen MR) is 61.8 cm³/mol. The van der Waals surface area contributed by atoms with Gasteiger partial charge in [0.15, 0.2) is 0 Å². The molecule has 0 spiro atoms. The van der Waals surface area contributed by atoms with Crippen LogP contribution in [0.1, 0.15) is 25.7 Å². The maximum absolute atomic E-state index is 5.02. The first kappa shape index (κ1) is 10.9. The van der Waals surface area contributed by atoms with Crippen molar-refractivity contribution in [2.24, 2.45) is 0 Å². The summed E-state index contributed by atoms with van der Waals surface area (Å²) in [5.74, 6) is 1.11. The molecule has 0 bridgehead atoms. The van der Waals surface area contributed by atoms with E-state index >= 15 is 0 Å². The number of nitrogens with zero attached hydrogens (tertiary/aromatic N) is 3. The van der Waals surface area contributed by atoms with Crippen molar-refractivity contribution < 1.29 is 4.74 Å². The first-order chi connectivity index (χ1) is 7.81. The number of nitrogens with one attached hydrogen (secondary N) is 2. The van der Waals surface area contributed by atoms with Crippen molar-refractivity contribution in [1.82, 2.24) is 15.0 Å². The standard InChI is InChI=1S/C10H17N5O/c1-11-8-13-9(15-10(14-8)16-2)12-7-5-3-4-6-7/h7H,3-6H2,1-2H3,(H2,11,12,13,14,15). The average Bonchev–Trinajstić information content (AvgIpc) is 2.81. The molecular weight excluding hydrogens is 206 g/mol. The van der Waals surface area contributed by atoms with Crippen LogP contribution in [0, 0.1) is 0 Å². The minimum Gasteiger partial charge on any atom is -0.467 e. The lowest BCUT2D eigenvalue weighted by atomic mass is 10.3. The summed E-state index contributed by atoms with van der Waals surface area (Å²) in [4.78, 5) is 12.5. The number of hydrogen-bond donors (Lipinski definition) is 2. The Morgan fingerprint density at radius 2 is 1.81 bits per heavy atom. The van der Waals surface area contributed by atoms with Crippen LogP contribution in [0.5, 0.6) is 6.01 Å². The number of ether oxygens (including phenoxy) is 1. The van der Waals surface area contributed by atoms with Crippen molar-refractivity contribution in [1.29, 1.82) is 0 Å². The summed E-state index contributed by atoms with van der Waals surface area (Å²) >= 11 is 0. The van der Waals surface area contributed by atoms with Gasteiger partial charge < -0.3 is 15.4 Å². The minimum absolute atomic E-state index is 0.333. The minimum atomic E-state index is 0.333. The van der Waals surface area contributed by atoms with Crippen molar-refractivity contribution in [3.8, 4) is 6.01 Å². The van der Waals surface area contributed by atoms with E-state index in [2.05, 4.69) is 25.6 Å². The normalized spacial score (nSPS) is 16.1. The molecule has 1 aliphatic carbocycles. The number of methoxy groups -OCH3 is 1. The summed E-state index contributed by atoms with van der Waals surface area (Å²) in [7, 11) is 3.32. The van der Waals surface area contributed by atoms with Crippen LogP contribution in [-0.2, 0) is 0 Å². The van der Waals surface area contributed by atoms with Gasteiger partial charge in [-0.1, -0.05) is 12.8 Å². The van der Waals surface area contributed by atoms with Crippen LogP contribution in [0.15, 0.2) is 0 Å². The summed E-state index contributed by atoms with van der Waals surface area (Å²) in [6, 6.07) is 0.816. The molecule has 0 atom stereocenters. The van der Waals surface area contributed by atoms with E-state index in [0.29, 0.717) is 23.9 Å². The second kappa shape index (κ2) is 4.96. The lowest BCUT2D eigenvalue weighted by Crippen LogP contribution is -2.17. The fourth-order valence-electron chi connectivity index (χ4n) is 1.88. The van der Waals surface area contributed by atoms with Crippen molar-refractivity contribution in [3.63, 3.8) is 0 Å². The van der Waals surface area contributed by atoms with Crippen molar-refractivity contribution >= 4 is 11.9 Å². The molecule has 0 unspecified atom stereocenters. The average molecular weight is 223 g/mol. The van der Waals surface area contributed by atoms with Gasteiger partial charge in [-0.25, -0.2) is 0 Å². The van der Waals surface area contributed by atoms with E-state index in [1.165, 1.54) is 25.7 Å². The van der Waals surface area contributed by atoms with Crippen LogP contribution in [0.2, 0.25) is 0 Å². The molecule has 0 radical (unpaired) electrons. The highest BCUT2D eigenvalue weighted by Gasteiger charge is 2.16. The summed E-state index contributed by atoms with van der Waals surface area (Å²) in [6.45, 7) is 0. The summed E-state index contributed by atoms with van der Waals surface area (Å²) in [5, 5.41) is 6.19. The maximum atomic E-state index is 5.02. The summed E-state index contributed by atoms with van der Waals surface area (Å²) < 4.78 is 5.02. The van der Waals surface area contributed by atoms with Gasteiger partial charge in [0, 0.05) is 13.1 Å². The number of rotatable bonds is 4. The zero-order valence-electron chi connectivity index (χ0n) is 9.66. The third-order valence-corrected chi connectivity index (χ3v) is 2.71. The van der Waals surface area contributed by atoms with Crippen molar-refractivity contribution in [2.45, 2.75) is 31.7 Å². The Morgan fingerprint density at radius 1 is 1.12 bits per heavy atom. The zero-order valence-corrected chi connectivity index (χ0v) is 9.66. The highest BCUT2D eigenvalue weighted by atomic mass is 16.5. The largest absolute Gasteiger partial charge is 0.467 e. The third-order valence-electron chi connectivity index (χ3n) is 2.71. The third kappa shape index (κ3) is 2.50. The molecule has 1 heterocycles. The van der Waals surface area contributed by atoms with E-state index in [1.54, 1.807) is 14.2 Å².